The Kier molecular flexibility index (Phi) is 6.95. The van der Waals surface area contributed by atoms with Crippen molar-refractivity contribution in [3.05, 3.63) is 63.8 Å². The van der Waals surface area contributed by atoms with Gasteiger partial charge in [0.25, 0.3) is 6.47 Å². The zero-order chi connectivity index (χ0) is 19.9. The highest BCUT2D eigenvalue weighted by Gasteiger charge is 2.23. The number of hydrogen-bond donors (Lipinski definition) is 3. The number of ether oxygens (including phenoxy) is 1. The average molecular weight is 415 g/mol. The Labute approximate surface area is 173 Å². The fourth-order valence-electron chi connectivity index (χ4n) is 3.30. The van der Waals surface area contributed by atoms with Crippen molar-refractivity contribution in [1.82, 2.24) is 5.32 Å². The first-order valence-electron chi connectivity index (χ1n) is 8.89. The molecule has 2 heterocycles. The van der Waals surface area contributed by atoms with Gasteiger partial charge in [0.05, 0.1) is 17.2 Å². The lowest BCUT2D eigenvalue weighted by Gasteiger charge is -2.20. The Balaban J connectivity index is 0.000000706. The van der Waals surface area contributed by atoms with Gasteiger partial charge in [-0.25, -0.2) is 0 Å². The van der Waals surface area contributed by atoms with Crippen LogP contribution in [-0.4, -0.2) is 37.6 Å². The molecule has 1 aliphatic heterocycles. The molecule has 1 unspecified atom stereocenters. The summed E-state index contributed by atoms with van der Waals surface area (Å²) in [6.07, 6.45) is 1.09. The normalized spacial score (nSPS) is 14.3. The highest BCUT2D eigenvalue weighted by molar-refractivity contribution is 7.80. The smallest absolute Gasteiger partial charge is 0.290 e. The summed E-state index contributed by atoms with van der Waals surface area (Å²) in [5, 5.41) is 14.7. The number of aliphatic imine (C=N–C) groups is 1. The summed E-state index contributed by atoms with van der Waals surface area (Å²) in [7, 11) is 1.72. The second kappa shape index (κ2) is 9.61. The van der Waals surface area contributed by atoms with Crippen molar-refractivity contribution < 1.29 is 14.6 Å². The van der Waals surface area contributed by atoms with E-state index in [1.807, 2.05) is 6.07 Å². The van der Waals surface area contributed by atoms with E-state index in [1.165, 1.54) is 21.2 Å². The second-order valence-electron chi connectivity index (χ2n) is 6.13. The van der Waals surface area contributed by atoms with Crippen LogP contribution in [0, 0.1) is 0 Å². The molecule has 0 saturated heterocycles. The number of carbonyl (C=O) groups is 1. The standard InChI is InChI=1S/C20H20N2OS2.CH2O2/c1-23-16-8-7-13-5-2-3-6-14(13)17(16)18(24)15-9-12-25-19(15)20-21-10-4-11-22-20;2-1-3/h2-3,5-9,12,18,24H,4,10-11H2,1H3,(H,21,22);1H,(H,2,3). The molecular formula is C21H22N2O3S2. The number of thiol groups is 1. The van der Waals surface area contributed by atoms with Crippen LogP contribution in [0.1, 0.15) is 27.7 Å². The van der Waals surface area contributed by atoms with Crippen molar-refractivity contribution in [1.29, 1.82) is 0 Å². The van der Waals surface area contributed by atoms with Crippen LogP contribution in [0.15, 0.2) is 52.8 Å². The number of benzene rings is 2. The van der Waals surface area contributed by atoms with Crippen LogP contribution >= 0.6 is 24.0 Å². The minimum absolute atomic E-state index is 0.0753. The Bertz CT molecular complexity index is 985. The molecule has 1 aromatic heterocycles. The van der Waals surface area contributed by atoms with Gasteiger partial charge >= 0.3 is 0 Å². The van der Waals surface area contributed by atoms with E-state index >= 15 is 0 Å². The second-order valence-corrected chi connectivity index (χ2v) is 7.56. The number of fused-ring (bicyclic) bond motifs is 1. The van der Waals surface area contributed by atoms with E-state index in [0.29, 0.717) is 0 Å². The molecule has 0 amide bonds. The molecule has 0 spiro atoms. The van der Waals surface area contributed by atoms with Gasteiger partial charge < -0.3 is 15.2 Å². The molecule has 0 fully saturated rings. The van der Waals surface area contributed by atoms with Gasteiger partial charge in [-0.1, -0.05) is 30.3 Å². The predicted octanol–water partition coefficient (Wildman–Crippen LogP) is 4.37. The molecule has 0 radical (unpaired) electrons. The van der Waals surface area contributed by atoms with Crippen LogP contribution in [-0.2, 0) is 4.79 Å². The number of nitrogens with zero attached hydrogens (tertiary/aromatic N) is 1. The van der Waals surface area contributed by atoms with Gasteiger partial charge in [0.15, 0.2) is 0 Å². The minimum Gasteiger partial charge on any atom is -0.496 e. The van der Waals surface area contributed by atoms with Crippen LogP contribution in [0.25, 0.3) is 10.8 Å². The number of nitrogens with one attached hydrogen (secondary N) is 1. The summed E-state index contributed by atoms with van der Waals surface area (Å²) >= 11 is 6.72. The van der Waals surface area contributed by atoms with Crippen molar-refractivity contribution in [3.8, 4) is 5.75 Å². The lowest BCUT2D eigenvalue weighted by Crippen LogP contribution is -2.30. The number of rotatable bonds is 4. The van der Waals surface area contributed by atoms with E-state index in [-0.39, 0.29) is 11.7 Å². The summed E-state index contributed by atoms with van der Waals surface area (Å²) in [6.45, 7) is 1.61. The van der Waals surface area contributed by atoms with Gasteiger partial charge in [-0.05, 0) is 40.3 Å². The maximum Gasteiger partial charge on any atom is 0.290 e. The molecule has 0 aliphatic carbocycles. The SMILES string of the molecule is COc1ccc2ccccc2c1C(S)c1ccsc1C1=NCCCN1.O=CO. The molecule has 146 valence electrons. The summed E-state index contributed by atoms with van der Waals surface area (Å²) in [5.74, 6) is 1.86. The minimum atomic E-state index is -0.250. The molecular weight excluding hydrogens is 392 g/mol. The summed E-state index contributed by atoms with van der Waals surface area (Å²) < 4.78 is 5.67. The van der Waals surface area contributed by atoms with Crippen molar-refractivity contribution in [2.45, 2.75) is 11.7 Å². The molecule has 3 aromatic rings. The monoisotopic (exact) mass is 414 g/mol. The van der Waals surface area contributed by atoms with E-state index in [1.54, 1.807) is 18.4 Å². The number of hydrogen-bond acceptors (Lipinski definition) is 6. The fourth-order valence-corrected chi connectivity index (χ4v) is 4.79. The summed E-state index contributed by atoms with van der Waals surface area (Å²) in [5.41, 5.74) is 2.29. The number of amidine groups is 1. The topological polar surface area (TPSA) is 70.9 Å². The summed E-state index contributed by atoms with van der Waals surface area (Å²) in [6, 6.07) is 14.7. The van der Waals surface area contributed by atoms with E-state index in [9.17, 15) is 0 Å². The number of carboxylic acid groups (broad SMARTS) is 1. The van der Waals surface area contributed by atoms with Gasteiger partial charge in [0, 0.05) is 18.7 Å². The number of methoxy groups -OCH3 is 1. The van der Waals surface area contributed by atoms with Gasteiger partial charge in [-0.15, -0.1) is 11.3 Å². The maximum atomic E-state index is 8.36. The predicted molar refractivity (Wildman–Crippen MR) is 118 cm³/mol. The third-order valence-corrected chi connectivity index (χ3v) is 6.00. The molecule has 5 nitrogen and oxygen atoms in total. The van der Waals surface area contributed by atoms with Gasteiger partial charge in [-0.3, -0.25) is 9.79 Å². The zero-order valence-corrected chi connectivity index (χ0v) is 17.2. The highest BCUT2D eigenvalue weighted by Crippen LogP contribution is 2.42. The van der Waals surface area contributed by atoms with Crippen LogP contribution < -0.4 is 10.1 Å². The largest absolute Gasteiger partial charge is 0.496 e. The molecule has 1 atom stereocenters. The molecule has 1 aliphatic rings. The zero-order valence-electron chi connectivity index (χ0n) is 15.5. The molecule has 28 heavy (non-hydrogen) atoms. The first-order chi connectivity index (χ1) is 13.7. The molecule has 7 heteroatoms. The molecule has 2 N–H and O–H groups in total. The number of thiophene rings is 1. The third kappa shape index (κ3) is 4.15. The molecule has 0 bridgehead atoms. The first-order valence-corrected chi connectivity index (χ1v) is 10.3. The Morgan fingerprint density at radius 3 is 2.79 bits per heavy atom. The lowest BCUT2D eigenvalue weighted by atomic mass is 9.96. The Hall–Kier alpha value is -2.51. The van der Waals surface area contributed by atoms with Gasteiger partial charge in [0.1, 0.15) is 11.6 Å². The van der Waals surface area contributed by atoms with Gasteiger partial charge in [-0.2, -0.15) is 12.6 Å². The fraction of sp³-hybridized carbons (Fsp3) is 0.238. The molecule has 2 aromatic carbocycles. The molecule has 0 saturated carbocycles. The van der Waals surface area contributed by atoms with E-state index in [4.69, 9.17) is 27.3 Å². The van der Waals surface area contributed by atoms with E-state index in [0.717, 1.165) is 36.7 Å². The highest BCUT2D eigenvalue weighted by atomic mass is 32.1. The van der Waals surface area contributed by atoms with E-state index < -0.39 is 0 Å². The average Bonchev–Trinajstić information content (AvgIpc) is 3.23. The van der Waals surface area contributed by atoms with Gasteiger partial charge in [0.2, 0.25) is 0 Å². The lowest BCUT2D eigenvalue weighted by molar-refractivity contribution is -0.122. The maximum absolute atomic E-state index is 8.36. The van der Waals surface area contributed by atoms with E-state index in [2.05, 4.69) is 52.1 Å². The van der Waals surface area contributed by atoms with Crippen molar-refractivity contribution >= 4 is 47.0 Å². The van der Waals surface area contributed by atoms with Crippen molar-refractivity contribution in [2.24, 2.45) is 4.99 Å². The van der Waals surface area contributed by atoms with Crippen LogP contribution in [0.4, 0.5) is 0 Å². The molecule has 4 rings (SSSR count). The summed E-state index contributed by atoms with van der Waals surface area (Å²) in [4.78, 5) is 14.2. The van der Waals surface area contributed by atoms with Crippen LogP contribution in [0.3, 0.4) is 0 Å². The quantitative estimate of drug-likeness (QED) is 0.438. The first kappa shape index (κ1) is 20.2. The third-order valence-electron chi connectivity index (χ3n) is 4.53. The van der Waals surface area contributed by atoms with Crippen LogP contribution in [0.2, 0.25) is 0 Å². The van der Waals surface area contributed by atoms with Crippen molar-refractivity contribution in [2.75, 3.05) is 20.2 Å². The Morgan fingerprint density at radius 1 is 1.29 bits per heavy atom. The van der Waals surface area contributed by atoms with Crippen molar-refractivity contribution in [3.63, 3.8) is 0 Å². The Morgan fingerprint density at radius 2 is 2.07 bits per heavy atom. The van der Waals surface area contributed by atoms with Crippen LogP contribution in [0.5, 0.6) is 5.75 Å².